The second kappa shape index (κ2) is 9.82. The maximum Gasteiger partial charge on any atom is 0.411 e. The Bertz CT molecular complexity index is 790. The summed E-state index contributed by atoms with van der Waals surface area (Å²) in [5.41, 5.74) is 0.962. The van der Waals surface area contributed by atoms with E-state index in [1.54, 1.807) is 30.3 Å². The van der Waals surface area contributed by atoms with Crippen LogP contribution in [0, 0.1) is 0 Å². The lowest BCUT2D eigenvalue weighted by Crippen LogP contribution is -2.15. The first-order valence-electron chi connectivity index (χ1n) is 8.63. The molecule has 26 heavy (non-hydrogen) atoms. The van der Waals surface area contributed by atoms with Crippen molar-refractivity contribution in [3.8, 4) is 0 Å². The van der Waals surface area contributed by atoms with Gasteiger partial charge < -0.3 is 4.74 Å². The van der Waals surface area contributed by atoms with Gasteiger partial charge in [-0.1, -0.05) is 44.4 Å². The maximum absolute atomic E-state index is 12.3. The van der Waals surface area contributed by atoms with Gasteiger partial charge in [-0.3, -0.25) is 10.0 Å². The Kier molecular flexibility index (Phi) is 7.47. The standard InChI is InChI=1S/C19H24N2O4S/c1-2-3-4-8-15-25-19(22)20-16-11-13-18(14-12-16)26(23,24)21-17-9-6-5-7-10-17/h5-7,9-14,21H,2-4,8,15H2,1H3,(H,20,22). The summed E-state index contributed by atoms with van der Waals surface area (Å²) in [5.74, 6) is 0. The molecule has 0 aliphatic rings. The van der Waals surface area contributed by atoms with Crippen LogP contribution in [0.25, 0.3) is 0 Å². The molecule has 0 bridgehead atoms. The number of nitrogens with one attached hydrogen (secondary N) is 2. The number of ether oxygens (including phenoxy) is 1. The zero-order valence-corrected chi connectivity index (χ0v) is 15.6. The van der Waals surface area contributed by atoms with Gasteiger partial charge >= 0.3 is 6.09 Å². The highest BCUT2D eigenvalue weighted by Crippen LogP contribution is 2.18. The number of para-hydroxylation sites is 1. The fourth-order valence-electron chi connectivity index (χ4n) is 2.29. The molecule has 7 heteroatoms. The molecule has 140 valence electrons. The molecule has 0 saturated heterocycles. The van der Waals surface area contributed by atoms with E-state index in [4.69, 9.17) is 4.74 Å². The summed E-state index contributed by atoms with van der Waals surface area (Å²) in [4.78, 5) is 11.8. The Morgan fingerprint density at radius 2 is 1.62 bits per heavy atom. The Hall–Kier alpha value is -2.54. The molecule has 0 aliphatic carbocycles. The number of hydrogen-bond acceptors (Lipinski definition) is 4. The van der Waals surface area contributed by atoms with Crippen molar-refractivity contribution in [1.82, 2.24) is 0 Å². The lowest BCUT2D eigenvalue weighted by molar-refractivity contribution is 0.159. The van der Waals surface area contributed by atoms with E-state index in [-0.39, 0.29) is 4.90 Å². The minimum absolute atomic E-state index is 0.111. The number of anilines is 2. The highest BCUT2D eigenvalue weighted by atomic mass is 32.2. The molecule has 0 fully saturated rings. The van der Waals surface area contributed by atoms with Crippen LogP contribution in [0.3, 0.4) is 0 Å². The smallest absolute Gasteiger partial charge is 0.411 e. The number of rotatable bonds is 9. The van der Waals surface area contributed by atoms with Gasteiger partial charge in [0.25, 0.3) is 10.0 Å². The molecule has 0 spiro atoms. The summed E-state index contributed by atoms with van der Waals surface area (Å²) < 4.78 is 32.3. The summed E-state index contributed by atoms with van der Waals surface area (Å²) >= 11 is 0. The first-order valence-corrected chi connectivity index (χ1v) is 10.1. The molecule has 0 atom stereocenters. The number of hydrogen-bond donors (Lipinski definition) is 2. The van der Waals surface area contributed by atoms with E-state index in [2.05, 4.69) is 17.0 Å². The van der Waals surface area contributed by atoms with E-state index < -0.39 is 16.1 Å². The van der Waals surface area contributed by atoms with Crippen molar-refractivity contribution in [2.24, 2.45) is 0 Å². The van der Waals surface area contributed by atoms with Gasteiger partial charge in [0.2, 0.25) is 0 Å². The summed E-state index contributed by atoms with van der Waals surface area (Å²) in [7, 11) is -3.68. The normalized spacial score (nSPS) is 11.0. The monoisotopic (exact) mass is 376 g/mol. The molecule has 2 aromatic carbocycles. The SMILES string of the molecule is CCCCCCOC(=O)Nc1ccc(S(=O)(=O)Nc2ccccc2)cc1. The van der Waals surface area contributed by atoms with E-state index in [1.807, 2.05) is 0 Å². The highest BCUT2D eigenvalue weighted by Gasteiger charge is 2.14. The summed E-state index contributed by atoms with van der Waals surface area (Å²) in [6.07, 6.45) is 3.58. The van der Waals surface area contributed by atoms with Gasteiger partial charge in [-0.15, -0.1) is 0 Å². The third kappa shape index (κ3) is 6.40. The van der Waals surface area contributed by atoms with Gasteiger partial charge in [-0.25, -0.2) is 13.2 Å². The second-order valence-corrected chi connectivity index (χ2v) is 7.50. The quantitative estimate of drug-likeness (QED) is 0.626. The molecule has 0 aliphatic heterocycles. The van der Waals surface area contributed by atoms with Crippen LogP contribution >= 0.6 is 0 Å². The molecular weight excluding hydrogens is 352 g/mol. The molecule has 0 aromatic heterocycles. The first-order chi connectivity index (χ1) is 12.5. The zero-order chi connectivity index (χ0) is 18.8. The van der Waals surface area contributed by atoms with Crippen molar-refractivity contribution in [3.05, 3.63) is 54.6 Å². The van der Waals surface area contributed by atoms with Crippen LogP contribution in [-0.2, 0) is 14.8 Å². The van der Waals surface area contributed by atoms with Crippen LogP contribution in [-0.4, -0.2) is 21.1 Å². The minimum Gasteiger partial charge on any atom is -0.449 e. The first kappa shape index (κ1) is 19.8. The number of carbonyl (C=O) groups is 1. The third-order valence-corrected chi connectivity index (χ3v) is 5.07. The third-order valence-electron chi connectivity index (χ3n) is 3.67. The fraction of sp³-hybridized carbons (Fsp3) is 0.316. The van der Waals surface area contributed by atoms with Crippen LogP contribution in [0.5, 0.6) is 0 Å². The average molecular weight is 376 g/mol. The van der Waals surface area contributed by atoms with Crippen LogP contribution in [0.15, 0.2) is 59.5 Å². The van der Waals surface area contributed by atoms with Gasteiger partial charge in [-0.2, -0.15) is 0 Å². The zero-order valence-electron chi connectivity index (χ0n) is 14.8. The molecule has 2 rings (SSSR count). The maximum atomic E-state index is 12.3. The van der Waals surface area contributed by atoms with Crippen LogP contribution in [0.4, 0.5) is 16.2 Å². The lowest BCUT2D eigenvalue weighted by Gasteiger charge is -2.10. The van der Waals surface area contributed by atoms with Crippen molar-refractivity contribution in [2.75, 3.05) is 16.6 Å². The molecule has 2 N–H and O–H groups in total. The van der Waals surface area contributed by atoms with Crippen molar-refractivity contribution < 1.29 is 17.9 Å². The minimum atomic E-state index is -3.68. The molecule has 0 heterocycles. The number of sulfonamides is 1. The Morgan fingerprint density at radius 3 is 2.27 bits per heavy atom. The molecular formula is C19H24N2O4S. The topological polar surface area (TPSA) is 84.5 Å². The molecule has 0 unspecified atom stereocenters. The van der Waals surface area contributed by atoms with Crippen molar-refractivity contribution in [1.29, 1.82) is 0 Å². The largest absolute Gasteiger partial charge is 0.449 e. The Labute approximate surface area is 154 Å². The van der Waals surface area contributed by atoms with E-state index in [0.717, 1.165) is 25.7 Å². The predicted octanol–water partition coefficient (Wildman–Crippen LogP) is 4.62. The van der Waals surface area contributed by atoms with Crippen LogP contribution < -0.4 is 10.0 Å². The molecule has 0 saturated carbocycles. The average Bonchev–Trinajstić information content (AvgIpc) is 2.62. The van der Waals surface area contributed by atoms with E-state index >= 15 is 0 Å². The van der Waals surface area contributed by atoms with E-state index in [9.17, 15) is 13.2 Å². The molecule has 2 aromatic rings. The van der Waals surface area contributed by atoms with Crippen molar-refractivity contribution in [2.45, 2.75) is 37.5 Å². The van der Waals surface area contributed by atoms with Crippen molar-refractivity contribution >= 4 is 27.5 Å². The van der Waals surface area contributed by atoms with Gasteiger partial charge in [0.15, 0.2) is 0 Å². The summed E-state index contributed by atoms with van der Waals surface area (Å²) in [6.45, 7) is 2.49. The predicted molar refractivity (Wildman–Crippen MR) is 103 cm³/mol. The Morgan fingerprint density at radius 1 is 0.923 bits per heavy atom. The van der Waals surface area contributed by atoms with E-state index in [1.165, 1.54) is 24.3 Å². The van der Waals surface area contributed by atoms with Gasteiger partial charge in [-0.05, 0) is 42.8 Å². The number of amides is 1. The van der Waals surface area contributed by atoms with Crippen LogP contribution in [0.2, 0.25) is 0 Å². The number of carbonyl (C=O) groups excluding carboxylic acids is 1. The van der Waals surface area contributed by atoms with Gasteiger partial charge in [0.1, 0.15) is 0 Å². The fourth-order valence-corrected chi connectivity index (χ4v) is 3.34. The number of benzene rings is 2. The van der Waals surface area contributed by atoms with Gasteiger partial charge in [0, 0.05) is 11.4 Å². The number of unbranched alkanes of at least 4 members (excludes halogenated alkanes) is 3. The molecule has 6 nitrogen and oxygen atoms in total. The lowest BCUT2D eigenvalue weighted by atomic mass is 10.2. The van der Waals surface area contributed by atoms with Gasteiger partial charge in [0.05, 0.1) is 11.5 Å². The highest BCUT2D eigenvalue weighted by molar-refractivity contribution is 7.92. The molecule has 0 radical (unpaired) electrons. The van der Waals surface area contributed by atoms with Crippen LogP contribution in [0.1, 0.15) is 32.6 Å². The summed E-state index contributed by atoms with van der Waals surface area (Å²) in [5, 5.41) is 2.58. The Balaban J connectivity index is 1.88. The second-order valence-electron chi connectivity index (χ2n) is 5.82. The molecule has 1 amide bonds. The van der Waals surface area contributed by atoms with Crippen molar-refractivity contribution in [3.63, 3.8) is 0 Å². The summed E-state index contributed by atoms with van der Waals surface area (Å²) in [6, 6.07) is 14.6. The van der Waals surface area contributed by atoms with E-state index in [0.29, 0.717) is 18.0 Å².